The molecule has 29 heavy (non-hydrogen) atoms. The molecule has 4 rings (SSSR count). The predicted molar refractivity (Wildman–Crippen MR) is 112 cm³/mol. The van der Waals surface area contributed by atoms with Crippen molar-refractivity contribution in [3.05, 3.63) is 78.4 Å². The van der Waals surface area contributed by atoms with Crippen LogP contribution in [-0.4, -0.2) is 26.4 Å². The monoisotopic (exact) mass is 390 g/mol. The topological polar surface area (TPSA) is 60.0 Å². The first-order valence-electron chi connectivity index (χ1n) is 9.34. The molecular formula is C23H22N2O4. The van der Waals surface area contributed by atoms with E-state index in [2.05, 4.69) is 5.32 Å². The number of ether oxygens (including phenoxy) is 3. The van der Waals surface area contributed by atoms with Gasteiger partial charge in [0, 0.05) is 24.0 Å². The summed E-state index contributed by atoms with van der Waals surface area (Å²) < 4.78 is 15.9. The fraction of sp³-hybridized carbons (Fsp3) is 0.174. The molecule has 0 atom stereocenters. The molecule has 1 amide bonds. The fourth-order valence-electron chi connectivity index (χ4n) is 3.18. The molecule has 6 nitrogen and oxygen atoms in total. The van der Waals surface area contributed by atoms with Crippen LogP contribution in [0.3, 0.4) is 0 Å². The second kappa shape index (κ2) is 8.56. The van der Waals surface area contributed by atoms with Gasteiger partial charge in [0.05, 0.1) is 13.7 Å². The Balaban J connectivity index is 1.49. The molecule has 0 saturated heterocycles. The number of fused-ring (bicyclic) bond motifs is 1. The van der Waals surface area contributed by atoms with Crippen LogP contribution in [0.2, 0.25) is 0 Å². The van der Waals surface area contributed by atoms with Crippen LogP contribution in [0.4, 0.5) is 11.4 Å². The number of anilines is 2. The van der Waals surface area contributed by atoms with E-state index in [1.807, 2.05) is 59.5 Å². The Morgan fingerprint density at radius 2 is 1.76 bits per heavy atom. The first-order valence-corrected chi connectivity index (χ1v) is 9.34. The van der Waals surface area contributed by atoms with Crippen LogP contribution in [0.1, 0.15) is 5.56 Å². The average molecular weight is 390 g/mol. The maximum absolute atomic E-state index is 12.8. The Morgan fingerprint density at radius 3 is 2.52 bits per heavy atom. The molecule has 1 aliphatic heterocycles. The maximum atomic E-state index is 12.8. The third kappa shape index (κ3) is 4.60. The maximum Gasteiger partial charge on any atom is 0.243 e. The molecule has 0 fully saturated rings. The summed E-state index contributed by atoms with van der Waals surface area (Å²) in [5, 5.41) is 2.94. The molecule has 0 unspecified atom stereocenters. The molecule has 3 aromatic carbocycles. The highest BCUT2D eigenvalue weighted by molar-refractivity contribution is 5.94. The van der Waals surface area contributed by atoms with Gasteiger partial charge in [0.2, 0.25) is 12.7 Å². The van der Waals surface area contributed by atoms with Gasteiger partial charge < -0.3 is 24.4 Å². The van der Waals surface area contributed by atoms with Gasteiger partial charge in [0.25, 0.3) is 0 Å². The number of nitrogens with one attached hydrogen (secondary N) is 1. The molecule has 0 saturated carbocycles. The summed E-state index contributed by atoms with van der Waals surface area (Å²) in [4.78, 5) is 14.8. The van der Waals surface area contributed by atoms with Crippen molar-refractivity contribution in [3.63, 3.8) is 0 Å². The summed E-state index contributed by atoms with van der Waals surface area (Å²) in [5.74, 6) is 1.99. The van der Waals surface area contributed by atoms with E-state index >= 15 is 0 Å². The minimum atomic E-state index is -0.115. The minimum Gasteiger partial charge on any atom is -0.497 e. The third-order valence-electron chi connectivity index (χ3n) is 4.64. The van der Waals surface area contributed by atoms with Crippen LogP contribution >= 0.6 is 0 Å². The summed E-state index contributed by atoms with van der Waals surface area (Å²) in [6.45, 7) is 1.02. The molecule has 0 bridgehead atoms. The number of rotatable bonds is 7. The van der Waals surface area contributed by atoms with Crippen LogP contribution < -0.4 is 24.4 Å². The van der Waals surface area contributed by atoms with Crippen molar-refractivity contribution < 1.29 is 19.0 Å². The van der Waals surface area contributed by atoms with Gasteiger partial charge in [-0.25, -0.2) is 0 Å². The van der Waals surface area contributed by atoms with Crippen molar-refractivity contribution in [2.45, 2.75) is 6.54 Å². The molecular weight excluding hydrogens is 368 g/mol. The summed E-state index contributed by atoms with van der Waals surface area (Å²) in [6.07, 6.45) is 0. The lowest BCUT2D eigenvalue weighted by atomic mass is 10.2. The van der Waals surface area contributed by atoms with Gasteiger partial charge in [-0.15, -0.1) is 0 Å². The highest BCUT2D eigenvalue weighted by Crippen LogP contribution is 2.34. The quantitative estimate of drug-likeness (QED) is 0.659. The number of hydrogen-bond acceptors (Lipinski definition) is 5. The zero-order valence-electron chi connectivity index (χ0n) is 16.1. The summed E-state index contributed by atoms with van der Waals surface area (Å²) >= 11 is 0. The Labute approximate surface area is 169 Å². The number of amides is 1. The summed E-state index contributed by atoms with van der Waals surface area (Å²) in [6, 6.07) is 23.1. The van der Waals surface area contributed by atoms with Crippen molar-refractivity contribution in [2.75, 3.05) is 30.7 Å². The largest absolute Gasteiger partial charge is 0.497 e. The molecule has 148 valence electrons. The molecule has 6 heteroatoms. The molecule has 1 aliphatic rings. The van der Waals surface area contributed by atoms with E-state index in [-0.39, 0.29) is 19.2 Å². The number of methoxy groups -OCH3 is 1. The van der Waals surface area contributed by atoms with Gasteiger partial charge >= 0.3 is 0 Å². The second-order valence-electron chi connectivity index (χ2n) is 6.66. The van der Waals surface area contributed by atoms with Crippen LogP contribution in [0.15, 0.2) is 72.8 Å². The average Bonchev–Trinajstić information content (AvgIpc) is 3.22. The van der Waals surface area contributed by atoms with E-state index in [9.17, 15) is 4.79 Å². The van der Waals surface area contributed by atoms with E-state index in [0.717, 1.165) is 17.0 Å². The van der Waals surface area contributed by atoms with E-state index in [1.165, 1.54) is 0 Å². The van der Waals surface area contributed by atoms with Crippen molar-refractivity contribution in [2.24, 2.45) is 0 Å². The third-order valence-corrected chi connectivity index (χ3v) is 4.64. The number of benzene rings is 3. The number of hydrogen-bond donors (Lipinski definition) is 1. The van der Waals surface area contributed by atoms with Gasteiger partial charge in [-0.1, -0.05) is 30.3 Å². The normalized spacial score (nSPS) is 11.8. The highest BCUT2D eigenvalue weighted by atomic mass is 16.7. The first-order chi connectivity index (χ1) is 14.2. The van der Waals surface area contributed by atoms with Crippen LogP contribution in [0.5, 0.6) is 17.2 Å². The van der Waals surface area contributed by atoms with Gasteiger partial charge in [0.15, 0.2) is 11.5 Å². The van der Waals surface area contributed by atoms with Gasteiger partial charge in [-0.3, -0.25) is 4.79 Å². The Hall–Kier alpha value is -3.67. The lowest BCUT2D eigenvalue weighted by Gasteiger charge is -2.24. The second-order valence-corrected chi connectivity index (χ2v) is 6.66. The van der Waals surface area contributed by atoms with Gasteiger partial charge in [0.1, 0.15) is 5.75 Å². The van der Waals surface area contributed by atoms with E-state index in [0.29, 0.717) is 23.7 Å². The molecule has 1 heterocycles. The SMILES string of the molecule is COc1ccc(N(CC(=O)Nc2ccc3c(c2)OCO3)Cc2ccccc2)cc1. The number of carbonyl (C=O) groups is 1. The highest BCUT2D eigenvalue weighted by Gasteiger charge is 2.16. The van der Waals surface area contributed by atoms with Gasteiger partial charge in [-0.2, -0.15) is 0 Å². The first kappa shape index (κ1) is 18.7. The van der Waals surface area contributed by atoms with Gasteiger partial charge in [-0.05, 0) is 42.0 Å². The van der Waals surface area contributed by atoms with Crippen LogP contribution in [0, 0.1) is 0 Å². The molecule has 0 aliphatic carbocycles. The van der Waals surface area contributed by atoms with Crippen LogP contribution in [-0.2, 0) is 11.3 Å². The Bertz CT molecular complexity index is 974. The summed E-state index contributed by atoms with van der Waals surface area (Å²) in [5.41, 5.74) is 2.74. The molecule has 0 aromatic heterocycles. The van der Waals surface area contributed by atoms with Crippen molar-refractivity contribution >= 4 is 17.3 Å². The zero-order valence-corrected chi connectivity index (χ0v) is 16.1. The molecule has 3 aromatic rings. The minimum absolute atomic E-state index is 0.115. The lowest BCUT2D eigenvalue weighted by molar-refractivity contribution is -0.115. The number of nitrogens with zero attached hydrogens (tertiary/aromatic N) is 1. The Kier molecular flexibility index (Phi) is 5.52. The van der Waals surface area contributed by atoms with Crippen molar-refractivity contribution in [3.8, 4) is 17.2 Å². The smallest absolute Gasteiger partial charge is 0.243 e. The van der Waals surface area contributed by atoms with E-state index in [4.69, 9.17) is 14.2 Å². The van der Waals surface area contributed by atoms with E-state index in [1.54, 1.807) is 25.3 Å². The Morgan fingerprint density at radius 1 is 1.00 bits per heavy atom. The summed E-state index contributed by atoms with van der Waals surface area (Å²) in [7, 11) is 1.63. The molecule has 0 radical (unpaired) electrons. The zero-order chi connectivity index (χ0) is 20.1. The van der Waals surface area contributed by atoms with Crippen molar-refractivity contribution in [1.82, 2.24) is 0 Å². The molecule has 1 N–H and O–H groups in total. The predicted octanol–water partition coefficient (Wildman–Crippen LogP) is 4.07. The number of carbonyl (C=O) groups excluding carboxylic acids is 1. The lowest BCUT2D eigenvalue weighted by Crippen LogP contribution is -2.32. The van der Waals surface area contributed by atoms with E-state index < -0.39 is 0 Å². The fourth-order valence-corrected chi connectivity index (χ4v) is 3.18. The van der Waals surface area contributed by atoms with Crippen LogP contribution in [0.25, 0.3) is 0 Å². The van der Waals surface area contributed by atoms with Crippen molar-refractivity contribution in [1.29, 1.82) is 0 Å². The molecule has 0 spiro atoms. The standard InChI is InChI=1S/C23H22N2O4/c1-27-20-10-8-19(9-11-20)25(14-17-5-3-2-4-6-17)15-23(26)24-18-7-12-21-22(13-18)29-16-28-21/h2-13H,14-16H2,1H3,(H,24,26).